The lowest BCUT2D eigenvalue weighted by molar-refractivity contribution is -0.132. The second kappa shape index (κ2) is 21.1. The van der Waals surface area contributed by atoms with E-state index in [4.69, 9.17) is 0 Å². The Bertz CT molecular complexity index is 1220. The minimum atomic E-state index is -1.25. The summed E-state index contributed by atoms with van der Waals surface area (Å²) < 4.78 is 0. The zero-order valence-electron chi connectivity index (χ0n) is 30.1. The average Bonchev–Trinajstić information content (AvgIpc) is 2.98. The number of anilines is 1. The summed E-state index contributed by atoms with van der Waals surface area (Å²) in [6.07, 6.45) is -0.0294. The van der Waals surface area contributed by atoms with Crippen molar-refractivity contribution in [2.45, 2.75) is 125 Å². The van der Waals surface area contributed by atoms with Gasteiger partial charge in [-0.3, -0.25) is 28.8 Å². The van der Waals surface area contributed by atoms with Crippen LogP contribution in [0, 0.1) is 17.8 Å². The van der Waals surface area contributed by atoms with Crippen LogP contribution in [0.4, 0.5) is 5.69 Å². The number of amides is 6. The number of hydrogen-bond donors (Lipinski definition) is 7. The highest BCUT2D eigenvalue weighted by atomic mass is 16.3. The predicted octanol–water partition coefficient (Wildman–Crippen LogP) is 2.63. The summed E-state index contributed by atoms with van der Waals surface area (Å²) >= 11 is 0. The second-order valence-corrected chi connectivity index (χ2v) is 13.5. The largest absolute Gasteiger partial charge is 0.390 e. The Hall–Kier alpha value is -4.00. The van der Waals surface area contributed by atoms with E-state index in [1.807, 2.05) is 48.5 Å². The number of benzene rings is 1. The molecule has 48 heavy (non-hydrogen) atoms. The van der Waals surface area contributed by atoms with E-state index in [-0.39, 0.29) is 36.0 Å². The maximum atomic E-state index is 13.6. The molecule has 0 saturated heterocycles. The molecule has 0 spiro atoms. The summed E-state index contributed by atoms with van der Waals surface area (Å²) in [5.74, 6) is -2.67. The van der Waals surface area contributed by atoms with Gasteiger partial charge in [0.2, 0.25) is 29.5 Å². The number of carbonyl (C=O) groups is 6. The monoisotopic (exact) mass is 674 g/mol. The van der Waals surface area contributed by atoms with Gasteiger partial charge in [-0.15, -0.1) is 0 Å². The number of nitrogens with one attached hydrogen (secondary N) is 6. The highest BCUT2D eigenvalue weighted by Gasteiger charge is 2.32. The van der Waals surface area contributed by atoms with Gasteiger partial charge < -0.3 is 37.0 Å². The number of aliphatic hydroxyl groups is 1. The Labute approximate surface area is 285 Å². The fourth-order valence-corrected chi connectivity index (χ4v) is 5.17. The van der Waals surface area contributed by atoms with E-state index in [1.165, 1.54) is 6.92 Å². The molecule has 0 aliphatic rings. The third-order valence-corrected chi connectivity index (χ3v) is 7.54. The van der Waals surface area contributed by atoms with Crippen molar-refractivity contribution in [3.63, 3.8) is 0 Å². The van der Waals surface area contributed by atoms with Crippen molar-refractivity contribution in [2.75, 3.05) is 11.9 Å². The van der Waals surface area contributed by atoms with Gasteiger partial charge in [0, 0.05) is 24.7 Å². The normalized spacial score (nSPS) is 14.4. The lowest BCUT2D eigenvalue weighted by atomic mass is 9.95. The first kappa shape index (κ1) is 42.0. The molecule has 0 aliphatic heterocycles. The molecule has 6 amide bonds. The van der Waals surface area contributed by atoms with Crippen molar-refractivity contribution >= 4 is 41.1 Å². The second-order valence-electron chi connectivity index (χ2n) is 13.5. The molecule has 13 heteroatoms. The molecule has 0 fully saturated rings. The quantitative estimate of drug-likeness (QED) is 0.110. The molecule has 5 atom stereocenters. The van der Waals surface area contributed by atoms with E-state index in [9.17, 15) is 33.9 Å². The third kappa shape index (κ3) is 15.3. The van der Waals surface area contributed by atoms with Crippen molar-refractivity contribution in [2.24, 2.45) is 17.8 Å². The number of rotatable bonds is 20. The molecule has 1 aromatic carbocycles. The van der Waals surface area contributed by atoms with Gasteiger partial charge in [0.25, 0.3) is 5.91 Å². The van der Waals surface area contributed by atoms with Crippen molar-refractivity contribution in [1.29, 1.82) is 0 Å². The Balaban J connectivity index is 3.06. The zero-order valence-corrected chi connectivity index (χ0v) is 30.1. The SMILES string of the molecule is CCC[C@H](NC(=O)[C@H](CC(C)C)NC(=O)c1ccc(NC(C)=O)cc1)C(=O)N[C@@H](CC(C)C)[C@@H](O)CC(=O)N[C@H](C(=O)NCC)C(C)C. The van der Waals surface area contributed by atoms with Gasteiger partial charge in [-0.2, -0.15) is 0 Å². The fourth-order valence-electron chi connectivity index (χ4n) is 5.17. The minimum absolute atomic E-state index is 0.0432. The average molecular weight is 675 g/mol. The van der Waals surface area contributed by atoms with Gasteiger partial charge >= 0.3 is 0 Å². The van der Waals surface area contributed by atoms with E-state index in [2.05, 4.69) is 31.9 Å². The maximum absolute atomic E-state index is 13.6. The molecule has 0 aliphatic carbocycles. The standard InChI is InChI=1S/C35H58N6O7/c1-10-12-26(38-34(47)28(18-21(5)6)40-32(45)24-13-15-25(16-14-24)37-23(9)42)33(46)39-27(17-20(3)4)29(43)19-30(44)41-31(22(7)8)35(48)36-11-2/h13-16,20-22,26-29,31,43H,10-12,17-19H2,1-9H3,(H,36,48)(H,37,42)(H,38,47)(H,39,46)(H,40,45)(H,41,44)/t26-,27-,28-,29-,31-/m0/s1. The molecule has 13 nitrogen and oxygen atoms in total. The van der Waals surface area contributed by atoms with Crippen LogP contribution in [0.1, 0.15) is 105 Å². The van der Waals surface area contributed by atoms with E-state index >= 15 is 0 Å². The minimum Gasteiger partial charge on any atom is -0.390 e. The van der Waals surface area contributed by atoms with Crippen molar-refractivity contribution in [1.82, 2.24) is 26.6 Å². The van der Waals surface area contributed by atoms with Gasteiger partial charge in [-0.05, 0) is 68.2 Å². The van der Waals surface area contributed by atoms with E-state index < -0.39 is 53.9 Å². The Morgan fingerprint density at radius 1 is 0.729 bits per heavy atom. The van der Waals surface area contributed by atoms with Crippen LogP contribution in [0.5, 0.6) is 0 Å². The number of hydrogen-bond acceptors (Lipinski definition) is 7. The highest BCUT2D eigenvalue weighted by molar-refractivity contribution is 5.99. The number of carbonyl (C=O) groups excluding carboxylic acids is 6. The maximum Gasteiger partial charge on any atom is 0.251 e. The van der Waals surface area contributed by atoms with Crippen molar-refractivity contribution in [3.8, 4) is 0 Å². The topological polar surface area (TPSA) is 195 Å². The van der Waals surface area contributed by atoms with Gasteiger partial charge in [-0.25, -0.2) is 0 Å². The van der Waals surface area contributed by atoms with E-state index in [0.29, 0.717) is 43.5 Å². The third-order valence-electron chi connectivity index (χ3n) is 7.54. The molecule has 0 saturated carbocycles. The number of likely N-dealkylation sites (N-methyl/N-ethyl adjacent to an activating group) is 1. The van der Waals surface area contributed by atoms with Crippen LogP contribution in [0.15, 0.2) is 24.3 Å². The van der Waals surface area contributed by atoms with Gasteiger partial charge in [-0.1, -0.05) is 54.9 Å². The van der Waals surface area contributed by atoms with Gasteiger partial charge in [0.1, 0.15) is 18.1 Å². The van der Waals surface area contributed by atoms with Crippen LogP contribution < -0.4 is 31.9 Å². The Morgan fingerprint density at radius 2 is 1.31 bits per heavy atom. The fraction of sp³-hybridized carbons (Fsp3) is 0.657. The molecule has 0 radical (unpaired) electrons. The van der Waals surface area contributed by atoms with Crippen LogP contribution in [0.3, 0.4) is 0 Å². The molecule has 1 rings (SSSR count). The molecule has 270 valence electrons. The first-order chi connectivity index (χ1) is 22.5. The molecular formula is C35H58N6O7. The van der Waals surface area contributed by atoms with Crippen LogP contribution >= 0.6 is 0 Å². The highest BCUT2D eigenvalue weighted by Crippen LogP contribution is 2.15. The summed E-state index contributed by atoms with van der Waals surface area (Å²) in [5.41, 5.74) is 0.832. The summed E-state index contributed by atoms with van der Waals surface area (Å²) in [5, 5.41) is 27.5. The molecular weight excluding hydrogens is 616 g/mol. The summed E-state index contributed by atoms with van der Waals surface area (Å²) in [6, 6.07) is 2.81. The van der Waals surface area contributed by atoms with E-state index in [0.717, 1.165) is 0 Å². The van der Waals surface area contributed by atoms with Gasteiger partial charge in [0.15, 0.2) is 0 Å². The van der Waals surface area contributed by atoms with Crippen molar-refractivity contribution < 1.29 is 33.9 Å². The molecule has 0 unspecified atom stereocenters. The first-order valence-corrected chi connectivity index (χ1v) is 17.0. The molecule has 0 aromatic heterocycles. The number of aliphatic hydroxyl groups excluding tert-OH is 1. The Morgan fingerprint density at radius 3 is 1.81 bits per heavy atom. The Kier molecular flexibility index (Phi) is 18.4. The molecule has 1 aromatic rings. The zero-order chi connectivity index (χ0) is 36.6. The van der Waals surface area contributed by atoms with E-state index in [1.54, 1.807) is 31.2 Å². The summed E-state index contributed by atoms with van der Waals surface area (Å²) in [4.78, 5) is 76.8. The van der Waals surface area contributed by atoms with Crippen LogP contribution in [-0.4, -0.2) is 77.4 Å². The molecule has 7 N–H and O–H groups in total. The smallest absolute Gasteiger partial charge is 0.251 e. The first-order valence-electron chi connectivity index (χ1n) is 17.0. The van der Waals surface area contributed by atoms with Gasteiger partial charge in [0.05, 0.1) is 18.6 Å². The molecule has 0 bridgehead atoms. The van der Waals surface area contributed by atoms with Crippen molar-refractivity contribution in [3.05, 3.63) is 29.8 Å². The van der Waals surface area contributed by atoms with Crippen LogP contribution in [0.25, 0.3) is 0 Å². The van der Waals surface area contributed by atoms with Crippen LogP contribution in [-0.2, 0) is 24.0 Å². The lowest BCUT2D eigenvalue weighted by Gasteiger charge is -2.29. The molecule has 0 heterocycles. The lowest BCUT2D eigenvalue weighted by Crippen LogP contribution is -2.57. The summed E-state index contributed by atoms with van der Waals surface area (Å²) in [6.45, 7) is 16.7. The van der Waals surface area contributed by atoms with Crippen LogP contribution in [0.2, 0.25) is 0 Å². The predicted molar refractivity (Wildman–Crippen MR) is 186 cm³/mol. The summed E-state index contributed by atoms with van der Waals surface area (Å²) in [7, 11) is 0.